The maximum absolute atomic E-state index is 13.4. The van der Waals surface area contributed by atoms with Gasteiger partial charge in [-0.3, -0.25) is 9.59 Å². The molecule has 176 valence electrons. The number of piperidine rings is 1. The van der Waals surface area contributed by atoms with Gasteiger partial charge in [-0.15, -0.1) is 0 Å². The molecule has 0 spiro atoms. The minimum absolute atomic E-state index is 0.0409. The van der Waals surface area contributed by atoms with Gasteiger partial charge in [-0.2, -0.15) is 4.31 Å². The third-order valence-corrected chi connectivity index (χ3v) is 8.43. The number of benzene rings is 2. The fraction of sp³-hybridized carbons (Fsp3) is 0.440. The third kappa shape index (κ3) is 4.96. The van der Waals surface area contributed by atoms with Crippen molar-refractivity contribution < 1.29 is 18.0 Å². The normalized spacial score (nSPS) is 19.1. The molecule has 0 unspecified atom stereocenters. The molecule has 7 nitrogen and oxygen atoms in total. The largest absolute Gasteiger partial charge is 0.326 e. The van der Waals surface area contributed by atoms with Gasteiger partial charge in [0, 0.05) is 37.9 Å². The van der Waals surface area contributed by atoms with Crippen LogP contribution in [0.3, 0.4) is 0 Å². The predicted molar refractivity (Wildman–Crippen MR) is 129 cm³/mol. The molecule has 1 N–H and O–H groups in total. The molecule has 1 fully saturated rings. The third-order valence-electron chi connectivity index (χ3n) is 6.57. The fourth-order valence-electron chi connectivity index (χ4n) is 4.65. The molecule has 1 atom stereocenters. The van der Waals surface area contributed by atoms with Gasteiger partial charge < -0.3 is 10.2 Å². The van der Waals surface area contributed by atoms with Crippen molar-refractivity contribution in [3.8, 4) is 0 Å². The number of amides is 2. The molecule has 0 bridgehead atoms. The minimum Gasteiger partial charge on any atom is -0.326 e. The van der Waals surface area contributed by atoms with Crippen molar-refractivity contribution in [1.82, 2.24) is 4.31 Å². The highest BCUT2D eigenvalue weighted by Crippen LogP contribution is 2.32. The molecular formula is C25H31N3O4S. The summed E-state index contributed by atoms with van der Waals surface area (Å²) in [7, 11) is -3.73. The highest BCUT2D eigenvalue weighted by Gasteiger charge is 2.34. The van der Waals surface area contributed by atoms with Gasteiger partial charge in [-0.1, -0.05) is 19.1 Å². The number of anilines is 2. The Hall–Kier alpha value is -2.71. The van der Waals surface area contributed by atoms with E-state index < -0.39 is 15.9 Å². The van der Waals surface area contributed by atoms with E-state index in [1.54, 1.807) is 23.1 Å². The summed E-state index contributed by atoms with van der Waals surface area (Å²) in [6.07, 6.45) is 3.77. The second kappa shape index (κ2) is 9.65. The number of nitrogens with zero attached hydrogens (tertiary/aromatic N) is 2. The van der Waals surface area contributed by atoms with Gasteiger partial charge in [0.25, 0.3) is 0 Å². The van der Waals surface area contributed by atoms with Gasteiger partial charge in [0.2, 0.25) is 21.8 Å². The minimum atomic E-state index is -3.73. The van der Waals surface area contributed by atoms with E-state index in [9.17, 15) is 18.0 Å². The summed E-state index contributed by atoms with van der Waals surface area (Å²) in [4.78, 5) is 26.7. The molecular weight excluding hydrogens is 438 g/mol. The molecule has 0 radical (unpaired) electrons. The van der Waals surface area contributed by atoms with E-state index in [1.165, 1.54) is 16.8 Å². The molecule has 0 aromatic heterocycles. The Bertz CT molecular complexity index is 1140. The van der Waals surface area contributed by atoms with Crippen LogP contribution in [-0.4, -0.2) is 44.2 Å². The topological polar surface area (TPSA) is 86.8 Å². The molecule has 33 heavy (non-hydrogen) atoms. The van der Waals surface area contributed by atoms with Crippen LogP contribution in [-0.2, 0) is 32.5 Å². The monoisotopic (exact) mass is 469 g/mol. The van der Waals surface area contributed by atoms with E-state index in [-0.39, 0.29) is 23.3 Å². The first kappa shape index (κ1) is 23.4. The van der Waals surface area contributed by atoms with Gasteiger partial charge >= 0.3 is 0 Å². The van der Waals surface area contributed by atoms with Crippen molar-refractivity contribution >= 4 is 33.2 Å². The first-order valence-electron chi connectivity index (χ1n) is 11.6. The summed E-state index contributed by atoms with van der Waals surface area (Å²) >= 11 is 0. The van der Waals surface area contributed by atoms with Gasteiger partial charge in [0.15, 0.2) is 0 Å². The number of hydrogen-bond acceptors (Lipinski definition) is 4. The average Bonchev–Trinajstić information content (AvgIpc) is 2.83. The lowest BCUT2D eigenvalue weighted by molar-refractivity contribution is -0.121. The number of nitrogens with one attached hydrogen (secondary N) is 1. The van der Waals surface area contributed by atoms with Crippen LogP contribution < -0.4 is 10.2 Å². The van der Waals surface area contributed by atoms with E-state index in [1.807, 2.05) is 24.3 Å². The maximum atomic E-state index is 13.4. The second-order valence-corrected chi connectivity index (χ2v) is 10.7. The molecule has 2 aromatic carbocycles. The van der Waals surface area contributed by atoms with Crippen molar-refractivity contribution in [2.75, 3.05) is 29.9 Å². The quantitative estimate of drug-likeness (QED) is 0.725. The zero-order valence-corrected chi connectivity index (χ0v) is 20.0. The zero-order chi connectivity index (χ0) is 23.6. The van der Waals surface area contributed by atoms with Crippen molar-refractivity contribution in [2.24, 2.45) is 5.92 Å². The standard InChI is InChI=1S/C25H31N3O4S/c1-3-19-8-10-22(11-9-19)26-25(30)21-7-4-14-27(17-21)33(31,32)23-12-13-24-20(16-23)6-5-15-28(24)18(2)29/h8-13,16,21H,3-7,14-15,17H2,1-2H3,(H,26,30)/t21-/m1/s1. The van der Waals surface area contributed by atoms with Crippen LogP contribution in [0, 0.1) is 5.92 Å². The number of hydrogen-bond donors (Lipinski definition) is 1. The molecule has 0 saturated carbocycles. The Labute approximate surface area is 195 Å². The van der Waals surface area contributed by atoms with Crippen LogP contribution >= 0.6 is 0 Å². The van der Waals surface area contributed by atoms with Crippen molar-refractivity contribution in [2.45, 2.75) is 50.8 Å². The Morgan fingerprint density at radius 2 is 1.82 bits per heavy atom. The van der Waals surface area contributed by atoms with E-state index in [0.29, 0.717) is 25.9 Å². The number of carbonyl (C=O) groups excluding carboxylic acids is 2. The number of sulfonamides is 1. The molecule has 8 heteroatoms. The lowest BCUT2D eigenvalue weighted by atomic mass is 9.98. The zero-order valence-electron chi connectivity index (χ0n) is 19.2. The molecule has 2 amide bonds. The van der Waals surface area contributed by atoms with Gasteiger partial charge in [-0.25, -0.2) is 8.42 Å². The van der Waals surface area contributed by atoms with E-state index in [0.717, 1.165) is 36.2 Å². The summed E-state index contributed by atoms with van der Waals surface area (Å²) in [6.45, 7) is 4.81. The Morgan fingerprint density at radius 1 is 1.06 bits per heavy atom. The lowest BCUT2D eigenvalue weighted by Gasteiger charge is -2.32. The number of fused-ring (bicyclic) bond motifs is 1. The van der Waals surface area contributed by atoms with Crippen molar-refractivity contribution in [3.05, 3.63) is 53.6 Å². The molecule has 2 aliphatic heterocycles. The number of carbonyl (C=O) groups is 2. The first-order valence-corrected chi connectivity index (χ1v) is 13.0. The summed E-state index contributed by atoms with van der Waals surface area (Å²) in [5.74, 6) is -0.590. The van der Waals surface area contributed by atoms with E-state index in [4.69, 9.17) is 0 Å². The number of aryl methyl sites for hydroxylation is 2. The van der Waals surface area contributed by atoms with E-state index in [2.05, 4.69) is 12.2 Å². The highest BCUT2D eigenvalue weighted by atomic mass is 32.2. The van der Waals surface area contributed by atoms with Crippen LogP contribution in [0.5, 0.6) is 0 Å². The highest BCUT2D eigenvalue weighted by molar-refractivity contribution is 7.89. The summed E-state index contributed by atoms with van der Waals surface area (Å²) in [5, 5.41) is 2.93. The van der Waals surface area contributed by atoms with E-state index >= 15 is 0 Å². The summed E-state index contributed by atoms with van der Waals surface area (Å²) in [5.41, 5.74) is 3.58. The van der Waals surface area contributed by atoms with Gasteiger partial charge in [0.1, 0.15) is 0 Å². The molecule has 0 aliphatic carbocycles. The van der Waals surface area contributed by atoms with Crippen LogP contribution in [0.4, 0.5) is 11.4 Å². The molecule has 1 saturated heterocycles. The predicted octanol–water partition coefficient (Wildman–Crippen LogP) is 3.59. The number of rotatable bonds is 5. The smallest absolute Gasteiger partial charge is 0.243 e. The van der Waals surface area contributed by atoms with Crippen LogP contribution in [0.25, 0.3) is 0 Å². The molecule has 4 rings (SSSR count). The average molecular weight is 470 g/mol. The SMILES string of the molecule is CCc1ccc(NC(=O)[C@@H]2CCCN(S(=O)(=O)c3ccc4c(c3)CCCN4C(C)=O)C2)cc1. The fourth-order valence-corrected chi connectivity index (χ4v) is 6.23. The van der Waals surface area contributed by atoms with Crippen molar-refractivity contribution in [3.63, 3.8) is 0 Å². The molecule has 2 aromatic rings. The van der Waals surface area contributed by atoms with Crippen molar-refractivity contribution in [1.29, 1.82) is 0 Å². The first-order chi connectivity index (χ1) is 15.8. The molecule has 2 aliphatic rings. The summed E-state index contributed by atoms with van der Waals surface area (Å²) < 4.78 is 28.2. The molecule has 2 heterocycles. The van der Waals surface area contributed by atoms with Gasteiger partial charge in [0.05, 0.1) is 10.8 Å². The maximum Gasteiger partial charge on any atom is 0.243 e. The second-order valence-electron chi connectivity index (χ2n) is 8.81. The van der Waals surface area contributed by atoms with Gasteiger partial charge in [-0.05, 0) is 73.6 Å². The van der Waals surface area contributed by atoms with Crippen LogP contribution in [0.1, 0.15) is 44.2 Å². The summed E-state index contributed by atoms with van der Waals surface area (Å²) in [6, 6.07) is 12.7. The Kier molecular flexibility index (Phi) is 6.86. The lowest BCUT2D eigenvalue weighted by Crippen LogP contribution is -2.43. The Balaban J connectivity index is 1.49. The Morgan fingerprint density at radius 3 is 2.52 bits per heavy atom. The van der Waals surface area contributed by atoms with Crippen LogP contribution in [0.2, 0.25) is 0 Å². The van der Waals surface area contributed by atoms with Crippen LogP contribution in [0.15, 0.2) is 47.4 Å².